The zero-order valence-corrected chi connectivity index (χ0v) is 15.2. The van der Waals surface area contributed by atoms with Gasteiger partial charge >= 0.3 is 0 Å². The Morgan fingerprint density at radius 1 is 1.24 bits per heavy atom. The van der Waals surface area contributed by atoms with Gasteiger partial charge < -0.3 is 10.2 Å². The average Bonchev–Trinajstić information content (AvgIpc) is 2.62. The Hall–Kier alpha value is -2.43. The van der Waals surface area contributed by atoms with Gasteiger partial charge in [-0.2, -0.15) is 0 Å². The van der Waals surface area contributed by atoms with Crippen LogP contribution in [-0.2, 0) is 4.79 Å². The van der Waals surface area contributed by atoms with Crippen molar-refractivity contribution in [1.82, 2.24) is 9.97 Å². The summed E-state index contributed by atoms with van der Waals surface area (Å²) in [6.07, 6.45) is 3.65. The molecule has 0 aliphatic carbocycles. The van der Waals surface area contributed by atoms with Gasteiger partial charge in [0.15, 0.2) is 0 Å². The zero-order chi connectivity index (χ0) is 17.8. The molecule has 1 aromatic carbocycles. The standard InChI is InChI=1S/C20H26N4O/c1-14(2)16-6-8-18(9-7-16)23-19(25)17-5-4-12-24(13-17)20-21-11-10-15(3)22-20/h6-11,14,17H,4-5,12-13H2,1-3H3,(H,23,25)/t17-/m1/s1. The van der Waals surface area contributed by atoms with Crippen molar-refractivity contribution in [3.05, 3.63) is 47.8 Å². The molecule has 25 heavy (non-hydrogen) atoms. The summed E-state index contributed by atoms with van der Waals surface area (Å²) in [6.45, 7) is 7.85. The van der Waals surface area contributed by atoms with Gasteiger partial charge in [0.2, 0.25) is 11.9 Å². The van der Waals surface area contributed by atoms with Crippen LogP contribution in [0.4, 0.5) is 11.6 Å². The summed E-state index contributed by atoms with van der Waals surface area (Å²) in [5.74, 6) is 1.25. The topological polar surface area (TPSA) is 58.1 Å². The number of amides is 1. The van der Waals surface area contributed by atoms with E-state index in [4.69, 9.17) is 0 Å². The Balaban J connectivity index is 1.63. The molecule has 1 amide bonds. The Labute approximate surface area is 149 Å². The highest BCUT2D eigenvalue weighted by Crippen LogP contribution is 2.23. The predicted molar refractivity (Wildman–Crippen MR) is 101 cm³/mol. The molecule has 1 saturated heterocycles. The number of hydrogen-bond donors (Lipinski definition) is 1. The number of aromatic nitrogens is 2. The highest BCUT2D eigenvalue weighted by molar-refractivity contribution is 5.93. The van der Waals surface area contributed by atoms with E-state index in [1.165, 1.54) is 5.56 Å². The van der Waals surface area contributed by atoms with Crippen LogP contribution in [0.1, 0.15) is 43.9 Å². The minimum absolute atomic E-state index is 0.0392. The number of carbonyl (C=O) groups is 1. The molecule has 5 heteroatoms. The van der Waals surface area contributed by atoms with Crippen molar-refractivity contribution < 1.29 is 4.79 Å². The lowest BCUT2D eigenvalue weighted by molar-refractivity contribution is -0.120. The van der Waals surface area contributed by atoms with Crippen LogP contribution >= 0.6 is 0 Å². The van der Waals surface area contributed by atoms with Crippen molar-refractivity contribution in [2.75, 3.05) is 23.3 Å². The molecule has 0 bridgehead atoms. The lowest BCUT2D eigenvalue weighted by Gasteiger charge is -2.32. The van der Waals surface area contributed by atoms with Crippen molar-refractivity contribution in [1.29, 1.82) is 0 Å². The molecule has 1 aliphatic rings. The lowest BCUT2D eigenvalue weighted by atomic mass is 9.97. The number of aryl methyl sites for hydroxylation is 1. The molecule has 0 unspecified atom stereocenters. The molecule has 0 radical (unpaired) electrons. The van der Waals surface area contributed by atoms with E-state index in [1.807, 2.05) is 25.1 Å². The number of piperidine rings is 1. The van der Waals surface area contributed by atoms with Gasteiger partial charge in [-0.3, -0.25) is 4.79 Å². The molecule has 1 fully saturated rings. The van der Waals surface area contributed by atoms with Crippen LogP contribution in [0.2, 0.25) is 0 Å². The molecule has 1 aliphatic heterocycles. The molecule has 5 nitrogen and oxygen atoms in total. The van der Waals surface area contributed by atoms with E-state index in [-0.39, 0.29) is 11.8 Å². The van der Waals surface area contributed by atoms with Crippen LogP contribution in [0.5, 0.6) is 0 Å². The fourth-order valence-electron chi connectivity index (χ4n) is 3.16. The van der Waals surface area contributed by atoms with E-state index in [9.17, 15) is 4.79 Å². The van der Waals surface area contributed by atoms with E-state index < -0.39 is 0 Å². The smallest absolute Gasteiger partial charge is 0.229 e. The van der Waals surface area contributed by atoms with Gasteiger partial charge in [0.25, 0.3) is 0 Å². The Morgan fingerprint density at radius 3 is 2.68 bits per heavy atom. The SMILES string of the molecule is Cc1ccnc(N2CCC[C@@H](C(=O)Nc3ccc(C(C)C)cc3)C2)n1. The highest BCUT2D eigenvalue weighted by Gasteiger charge is 2.27. The summed E-state index contributed by atoms with van der Waals surface area (Å²) in [5.41, 5.74) is 3.08. The second-order valence-electron chi connectivity index (χ2n) is 7.05. The zero-order valence-electron chi connectivity index (χ0n) is 15.2. The van der Waals surface area contributed by atoms with Crippen LogP contribution in [0, 0.1) is 12.8 Å². The summed E-state index contributed by atoms with van der Waals surface area (Å²) < 4.78 is 0. The van der Waals surface area contributed by atoms with E-state index in [2.05, 4.69) is 46.2 Å². The first kappa shape index (κ1) is 17.4. The summed E-state index contributed by atoms with van der Waals surface area (Å²) >= 11 is 0. The van der Waals surface area contributed by atoms with E-state index in [1.54, 1.807) is 6.20 Å². The third kappa shape index (κ3) is 4.35. The summed E-state index contributed by atoms with van der Waals surface area (Å²) in [6, 6.07) is 10.0. The fourth-order valence-corrected chi connectivity index (χ4v) is 3.16. The molecule has 132 valence electrons. The van der Waals surface area contributed by atoms with Gasteiger partial charge in [-0.05, 0) is 49.4 Å². The molecule has 2 heterocycles. The van der Waals surface area contributed by atoms with Crippen LogP contribution < -0.4 is 10.2 Å². The summed E-state index contributed by atoms with van der Waals surface area (Å²) in [4.78, 5) is 23.6. The van der Waals surface area contributed by atoms with Crippen LogP contribution in [-0.4, -0.2) is 29.0 Å². The molecular formula is C20H26N4O. The first-order valence-electron chi connectivity index (χ1n) is 8.98. The average molecular weight is 338 g/mol. The van der Waals surface area contributed by atoms with Gasteiger partial charge in [-0.25, -0.2) is 9.97 Å². The number of anilines is 2. The second kappa shape index (κ2) is 7.64. The molecule has 2 aromatic rings. The van der Waals surface area contributed by atoms with E-state index in [0.29, 0.717) is 12.5 Å². The number of benzene rings is 1. The first-order chi connectivity index (χ1) is 12.0. The molecule has 0 spiro atoms. The van der Waals surface area contributed by atoms with Crippen LogP contribution in [0.15, 0.2) is 36.5 Å². The quantitative estimate of drug-likeness (QED) is 0.922. The molecule has 0 saturated carbocycles. The van der Waals surface area contributed by atoms with Crippen LogP contribution in [0.3, 0.4) is 0 Å². The Bertz CT molecular complexity index is 727. The van der Waals surface area contributed by atoms with E-state index in [0.717, 1.165) is 36.7 Å². The maximum Gasteiger partial charge on any atom is 0.229 e. The second-order valence-corrected chi connectivity index (χ2v) is 7.05. The maximum absolute atomic E-state index is 12.7. The largest absolute Gasteiger partial charge is 0.340 e. The van der Waals surface area contributed by atoms with Crippen molar-refractivity contribution in [3.8, 4) is 0 Å². The van der Waals surface area contributed by atoms with Crippen molar-refractivity contribution in [2.24, 2.45) is 5.92 Å². The maximum atomic E-state index is 12.7. The normalized spacial score (nSPS) is 17.6. The number of rotatable bonds is 4. The summed E-state index contributed by atoms with van der Waals surface area (Å²) in [7, 11) is 0. The van der Waals surface area contributed by atoms with Crippen molar-refractivity contribution in [2.45, 2.75) is 39.5 Å². The third-order valence-corrected chi connectivity index (χ3v) is 4.70. The van der Waals surface area contributed by atoms with Crippen molar-refractivity contribution >= 4 is 17.5 Å². The predicted octanol–water partition coefficient (Wildman–Crippen LogP) is 3.76. The van der Waals surface area contributed by atoms with Crippen LogP contribution in [0.25, 0.3) is 0 Å². The van der Waals surface area contributed by atoms with Crippen molar-refractivity contribution in [3.63, 3.8) is 0 Å². The van der Waals surface area contributed by atoms with Gasteiger partial charge in [0.1, 0.15) is 0 Å². The molecule has 1 aromatic heterocycles. The molecule has 1 atom stereocenters. The highest BCUT2D eigenvalue weighted by atomic mass is 16.1. The molecule has 1 N–H and O–H groups in total. The monoisotopic (exact) mass is 338 g/mol. The first-order valence-corrected chi connectivity index (χ1v) is 8.98. The minimum Gasteiger partial charge on any atom is -0.340 e. The van der Waals surface area contributed by atoms with Gasteiger partial charge in [-0.15, -0.1) is 0 Å². The lowest BCUT2D eigenvalue weighted by Crippen LogP contribution is -2.41. The minimum atomic E-state index is -0.0392. The third-order valence-electron chi connectivity index (χ3n) is 4.70. The Kier molecular flexibility index (Phi) is 5.31. The molecular weight excluding hydrogens is 312 g/mol. The van der Waals surface area contributed by atoms with Gasteiger partial charge in [0.05, 0.1) is 5.92 Å². The Morgan fingerprint density at radius 2 is 2.00 bits per heavy atom. The van der Waals surface area contributed by atoms with Gasteiger partial charge in [0, 0.05) is 30.7 Å². The number of nitrogens with zero attached hydrogens (tertiary/aromatic N) is 3. The fraction of sp³-hybridized carbons (Fsp3) is 0.450. The van der Waals surface area contributed by atoms with E-state index >= 15 is 0 Å². The summed E-state index contributed by atoms with van der Waals surface area (Å²) in [5, 5.41) is 3.05. The molecule has 3 rings (SSSR count). The number of nitrogens with one attached hydrogen (secondary N) is 1. The number of carbonyl (C=O) groups excluding carboxylic acids is 1. The van der Waals surface area contributed by atoms with Gasteiger partial charge in [-0.1, -0.05) is 26.0 Å². The number of hydrogen-bond acceptors (Lipinski definition) is 4.